The molecular weight excluding hydrogens is 326 g/mol. The number of rotatable bonds is 4. The number of piperidine rings is 1. The van der Waals surface area contributed by atoms with Crippen LogP contribution in [0.25, 0.3) is 0 Å². The van der Waals surface area contributed by atoms with Gasteiger partial charge in [0.1, 0.15) is 0 Å². The minimum Gasteiger partial charge on any atom is -0.479 e. The predicted molar refractivity (Wildman–Crippen MR) is 89.3 cm³/mol. The van der Waals surface area contributed by atoms with Crippen LogP contribution < -0.4 is 10.6 Å². The molecule has 0 atom stereocenters. The van der Waals surface area contributed by atoms with Gasteiger partial charge < -0.3 is 25.7 Å². The summed E-state index contributed by atoms with van der Waals surface area (Å²) in [6.45, 7) is 0.336. The van der Waals surface area contributed by atoms with E-state index in [0.717, 1.165) is 12.8 Å². The lowest BCUT2D eigenvalue weighted by atomic mass is 9.91. The van der Waals surface area contributed by atoms with Crippen LogP contribution in [0.1, 0.15) is 36.0 Å². The van der Waals surface area contributed by atoms with Crippen molar-refractivity contribution in [3.8, 4) is 0 Å². The molecule has 1 aliphatic heterocycles. The Kier molecular flexibility index (Phi) is 4.63. The van der Waals surface area contributed by atoms with Crippen LogP contribution in [-0.2, 0) is 4.79 Å². The van der Waals surface area contributed by atoms with Crippen molar-refractivity contribution in [2.24, 2.45) is 0 Å². The molecule has 8 heteroatoms. The third-order valence-corrected chi connectivity index (χ3v) is 4.56. The second kappa shape index (κ2) is 6.72. The highest BCUT2D eigenvalue weighted by Gasteiger charge is 2.40. The van der Waals surface area contributed by atoms with Crippen molar-refractivity contribution in [3.63, 3.8) is 0 Å². The molecule has 0 spiro atoms. The molecule has 1 aromatic carbocycles. The van der Waals surface area contributed by atoms with Crippen LogP contribution in [0.3, 0.4) is 0 Å². The summed E-state index contributed by atoms with van der Waals surface area (Å²) in [5, 5.41) is 24.5. The van der Waals surface area contributed by atoms with Gasteiger partial charge in [0.25, 0.3) is 5.91 Å². The molecule has 4 N–H and O–H groups in total. The van der Waals surface area contributed by atoms with E-state index in [4.69, 9.17) is 5.11 Å². The van der Waals surface area contributed by atoms with E-state index < -0.39 is 11.6 Å². The van der Waals surface area contributed by atoms with Crippen LogP contribution in [0.2, 0.25) is 0 Å². The molecule has 8 nitrogen and oxygen atoms in total. The number of likely N-dealkylation sites (tertiary alicyclic amines) is 1. The smallest absolute Gasteiger partial charge is 0.335 e. The van der Waals surface area contributed by atoms with Gasteiger partial charge in [0, 0.05) is 43.2 Å². The molecule has 0 aromatic heterocycles. The maximum atomic E-state index is 12.6. The Morgan fingerprint density at radius 1 is 1.16 bits per heavy atom. The molecule has 0 bridgehead atoms. The van der Waals surface area contributed by atoms with Gasteiger partial charge in [-0.3, -0.25) is 4.79 Å². The number of aliphatic hydroxyl groups is 1. The molecule has 1 saturated carbocycles. The zero-order chi connectivity index (χ0) is 18.0. The van der Waals surface area contributed by atoms with E-state index in [1.807, 2.05) is 0 Å². The van der Waals surface area contributed by atoms with Crippen LogP contribution in [0.15, 0.2) is 24.3 Å². The number of nitrogens with zero attached hydrogens (tertiary/aromatic N) is 1. The van der Waals surface area contributed by atoms with Gasteiger partial charge in [-0.1, -0.05) is 6.07 Å². The van der Waals surface area contributed by atoms with Crippen LogP contribution in [-0.4, -0.2) is 57.8 Å². The van der Waals surface area contributed by atoms with E-state index in [1.54, 1.807) is 24.3 Å². The number of carboxylic acids is 1. The van der Waals surface area contributed by atoms with E-state index in [9.17, 15) is 19.5 Å². The lowest BCUT2D eigenvalue weighted by molar-refractivity contribution is -0.162. The summed E-state index contributed by atoms with van der Waals surface area (Å²) in [4.78, 5) is 36.9. The van der Waals surface area contributed by atoms with Crippen molar-refractivity contribution in [2.75, 3.05) is 18.4 Å². The van der Waals surface area contributed by atoms with E-state index in [-0.39, 0.29) is 43.9 Å². The van der Waals surface area contributed by atoms with Gasteiger partial charge in [-0.25, -0.2) is 9.59 Å². The zero-order valence-corrected chi connectivity index (χ0v) is 13.7. The first-order valence-corrected chi connectivity index (χ1v) is 8.30. The summed E-state index contributed by atoms with van der Waals surface area (Å²) in [5.74, 6) is -1.51. The SMILES string of the molecule is O=C(Nc1cccc(C(=O)N2CCC(O)(C(=O)O)CC2)c1)NC1CC1. The molecule has 134 valence electrons. The monoisotopic (exact) mass is 347 g/mol. The quantitative estimate of drug-likeness (QED) is 0.648. The molecule has 1 aromatic rings. The van der Waals surface area contributed by atoms with Crippen molar-refractivity contribution in [1.82, 2.24) is 10.2 Å². The van der Waals surface area contributed by atoms with Crippen molar-refractivity contribution in [3.05, 3.63) is 29.8 Å². The minimum atomic E-state index is -1.76. The highest BCUT2D eigenvalue weighted by Crippen LogP contribution is 2.24. The number of hydrogen-bond acceptors (Lipinski definition) is 4. The van der Waals surface area contributed by atoms with Gasteiger partial charge in [-0.15, -0.1) is 0 Å². The van der Waals surface area contributed by atoms with Crippen molar-refractivity contribution in [2.45, 2.75) is 37.3 Å². The van der Waals surface area contributed by atoms with Gasteiger partial charge >= 0.3 is 12.0 Å². The second-order valence-corrected chi connectivity index (χ2v) is 6.58. The Morgan fingerprint density at radius 3 is 2.44 bits per heavy atom. The topological polar surface area (TPSA) is 119 Å². The number of carbonyl (C=O) groups is 3. The molecule has 0 unspecified atom stereocenters. The van der Waals surface area contributed by atoms with Crippen molar-refractivity contribution in [1.29, 1.82) is 0 Å². The predicted octanol–water partition coefficient (Wildman–Crippen LogP) is 1.02. The van der Waals surface area contributed by atoms with Gasteiger partial charge in [0.15, 0.2) is 5.60 Å². The zero-order valence-electron chi connectivity index (χ0n) is 13.7. The van der Waals surface area contributed by atoms with Crippen LogP contribution in [0.4, 0.5) is 10.5 Å². The molecule has 1 saturated heterocycles. The Labute approximate surface area is 144 Å². The average molecular weight is 347 g/mol. The standard InChI is InChI=1S/C17H21N3O5/c21-14(20-8-6-17(25,7-9-20)15(22)23)11-2-1-3-13(10-11)19-16(24)18-12-4-5-12/h1-3,10,12,25H,4-9H2,(H,22,23)(H2,18,19,24). The van der Waals surface area contributed by atoms with E-state index in [1.165, 1.54) is 4.90 Å². The lowest BCUT2D eigenvalue weighted by Gasteiger charge is -2.35. The molecule has 3 amide bonds. The Hall–Kier alpha value is -2.61. The molecule has 2 fully saturated rings. The number of carboxylic acid groups (broad SMARTS) is 1. The molecule has 0 radical (unpaired) electrons. The highest BCUT2D eigenvalue weighted by molar-refractivity contribution is 5.97. The van der Waals surface area contributed by atoms with Crippen LogP contribution >= 0.6 is 0 Å². The lowest BCUT2D eigenvalue weighted by Crippen LogP contribution is -2.50. The first-order valence-electron chi connectivity index (χ1n) is 8.30. The number of carbonyl (C=O) groups excluding carboxylic acids is 2. The van der Waals surface area contributed by atoms with Gasteiger partial charge in [0.05, 0.1) is 0 Å². The third kappa shape index (κ3) is 4.08. The summed E-state index contributed by atoms with van der Waals surface area (Å²) in [6.07, 6.45) is 1.97. The Morgan fingerprint density at radius 2 is 1.84 bits per heavy atom. The van der Waals surface area contributed by atoms with E-state index in [0.29, 0.717) is 11.3 Å². The average Bonchev–Trinajstić information content (AvgIpc) is 3.39. The Balaban J connectivity index is 1.61. The number of amides is 3. The van der Waals surface area contributed by atoms with Gasteiger partial charge in [-0.05, 0) is 31.0 Å². The van der Waals surface area contributed by atoms with E-state index >= 15 is 0 Å². The summed E-state index contributed by atoms with van der Waals surface area (Å²) < 4.78 is 0. The van der Waals surface area contributed by atoms with Crippen LogP contribution in [0, 0.1) is 0 Å². The molecule has 3 rings (SSSR count). The number of anilines is 1. The molecule has 1 aliphatic carbocycles. The number of urea groups is 1. The molecular formula is C17H21N3O5. The molecule has 2 aliphatic rings. The van der Waals surface area contributed by atoms with Crippen LogP contribution in [0.5, 0.6) is 0 Å². The molecule has 25 heavy (non-hydrogen) atoms. The van der Waals surface area contributed by atoms with E-state index in [2.05, 4.69) is 10.6 Å². The third-order valence-electron chi connectivity index (χ3n) is 4.56. The van der Waals surface area contributed by atoms with Crippen molar-refractivity contribution >= 4 is 23.6 Å². The largest absolute Gasteiger partial charge is 0.479 e. The summed E-state index contributed by atoms with van der Waals surface area (Å²) >= 11 is 0. The van der Waals surface area contributed by atoms with Gasteiger partial charge in [-0.2, -0.15) is 0 Å². The highest BCUT2D eigenvalue weighted by atomic mass is 16.4. The summed E-state index contributed by atoms with van der Waals surface area (Å²) in [5.41, 5.74) is -0.839. The summed E-state index contributed by atoms with van der Waals surface area (Å²) in [7, 11) is 0. The first kappa shape index (κ1) is 17.2. The molecule has 1 heterocycles. The fourth-order valence-corrected chi connectivity index (χ4v) is 2.79. The normalized spacial score (nSPS) is 19.2. The number of aliphatic carboxylic acids is 1. The number of hydrogen-bond donors (Lipinski definition) is 4. The second-order valence-electron chi connectivity index (χ2n) is 6.58. The summed E-state index contributed by atoms with van der Waals surface area (Å²) in [6, 6.07) is 6.56. The van der Waals surface area contributed by atoms with Crippen molar-refractivity contribution < 1.29 is 24.6 Å². The number of nitrogens with one attached hydrogen (secondary N) is 2. The first-order chi connectivity index (χ1) is 11.9. The number of benzene rings is 1. The fraction of sp³-hybridized carbons (Fsp3) is 0.471. The maximum absolute atomic E-state index is 12.6. The maximum Gasteiger partial charge on any atom is 0.335 e. The minimum absolute atomic E-state index is 0.00416. The Bertz CT molecular complexity index is 693. The fourth-order valence-electron chi connectivity index (χ4n) is 2.79. The van der Waals surface area contributed by atoms with Gasteiger partial charge in [0.2, 0.25) is 0 Å².